The Kier molecular flexibility index (Phi) is 6.52. The highest BCUT2D eigenvalue weighted by Gasteiger charge is 2.21. The van der Waals surface area contributed by atoms with Gasteiger partial charge in [-0.25, -0.2) is 14.8 Å². The molecule has 0 bridgehead atoms. The van der Waals surface area contributed by atoms with Gasteiger partial charge >= 0.3 is 6.09 Å². The highest BCUT2D eigenvalue weighted by molar-refractivity contribution is 6.35. The quantitative estimate of drug-likeness (QED) is 0.361. The highest BCUT2D eigenvalue weighted by Crippen LogP contribution is 2.36. The van der Waals surface area contributed by atoms with E-state index in [-0.39, 0.29) is 5.82 Å². The number of ether oxygens (including phenoxy) is 1. The summed E-state index contributed by atoms with van der Waals surface area (Å²) in [7, 11) is 2.08. The molecule has 1 aliphatic heterocycles. The van der Waals surface area contributed by atoms with Gasteiger partial charge in [0, 0.05) is 16.5 Å². The topological polar surface area (TPSA) is 116 Å². The van der Waals surface area contributed by atoms with E-state index in [1.807, 2.05) is 36.4 Å². The standard InChI is InChI=1S/C25H25ClN6O3/c1-32-9-7-15(8-10-32)14-35-25(34)30-23-24(33)29-22(21(28-23)16-5-3-2-4-6-16)17-11-18-13-27-31-20(18)19(26)12-17/h2-6,11-13,15H,7-10,14H2,1H3,(H,27,31)(H,29,33)(H,28,30,34). The van der Waals surface area contributed by atoms with Crippen LogP contribution in [0.3, 0.4) is 0 Å². The molecule has 10 heteroatoms. The number of hydrogen-bond donors (Lipinski definition) is 3. The number of benzene rings is 2. The lowest BCUT2D eigenvalue weighted by molar-refractivity contribution is 0.112. The van der Waals surface area contributed by atoms with Crippen molar-refractivity contribution in [2.45, 2.75) is 12.8 Å². The molecule has 0 saturated carbocycles. The molecule has 1 amide bonds. The first-order chi connectivity index (χ1) is 17.0. The summed E-state index contributed by atoms with van der Waals surface area (Å²) in [5.74, 6) is -0.169. The van der Waals surface area contributed by atoms with E-state index in [9.17, 15) is 9.90 Å². The average Bonchev–Trinajstić information content (AvgIpc) is 3.35. The molecule has 9 nitrogen and oxygen atoms in total. The van der Waals surface area contributed by atoms with Gasteiger partial charge in [-0.2, -0.15) is 5.10 Å². The molecule has 4 aromatic rings. The number of H-pyrrole nitrogens is 1. The molecule has 1 fully saturated rings. The number of amides is 1. The van der Waals surface area contributed by atoms with Crippen LogP contribution in [-0.4, -0.2) is 63.0 Å². The van der Waals surface area contributed by atoms with Crippen LogP contribution in [0.15, 0.2) is 48.7 Å². The Balaban J connectivity index is 1.44. The minimum atomic E-state index is -0.678. The van der Waals surface area contributed by atoms with Gasteiger partial charge in [0.15, 0.2) is 5.82 Å². The van der Waals surface area contributed by atoms with Crippen molar-refractivity contribution in [3.63, 3.8) is 0 Å². The lowest BCUT2D eigenvalue weighted by atomic mass is 9.98. The van der Waals surface area contributed by atoms with Gasteiger partial charge in [0.2, 0.25) is 0 Å². The predicted octanol–water partition coefficient (Wildman–Crippen LogP) is 4.94. The summed E-state index contributed by atoms with van der Waals surface area (Å²) in [5.41, 5.74) is 3.03. The van der Waals surface area contributed by atoms with E-state index in [1.54, 1.807) is 12.3 Å². The molecule has 2 aromatic carbocycles. The number of carbonyl (C=O) groups excluding carboxylic acids is 1. The molecule has 0 atom stereocenters. The van der Waals surface area contributed by atoms with Crippen LogP contribution in [0.4, 0.5) is 10.6 Å². The van der Waals surface area contributed by atoms with E-state index in [0.29, 0.717) is 40.0 Å². The maximum absolute atomic E-state index is 12.5. The number of aromatic amines is 1. The third kappa shape index (κ3) is 5.06. The number of carbonyl (C=O) groups is 1. The van der Waals surface area contributed by atoms with Crippen molar-refractivity contribution in [1.29, 1.82) is 0 Å². The lowest BCUT2D eigenvalue weighted by Gasteiger charge is -2.28. The number of hydrogen-bond acceptors (Lipinski definition) is 7. The second-order valence-corrected chi connectivity index (χ2v) is 9.13. The van der Waals surface area contributed by atoms with Crippen LogP contribution in [0.2, 0.25) is 5.02 Å². The first kappa shape index (κ1) is 23.1. The Morgan fingerprint density at radius 2 is 1.91 bits per heavy atom. The van der Waals surface area contributed by atoms with E-state index in [1.165, 1.54) is 0 Å². The molecule has 1 aliphatic rings. The molecular weight excluding hydrogens is 468 g/mol. The number of aromatic nitrogens is 4. The number of piperidine rings is 1. The second kappa shape index (κ2) is 9.89. The third-order valence-electron chi connectivity index (χ3n) is 6.21. The number of nitrogens with zero attached hydrogens (tertiary/aromatic N) is 4. The van der Waals surface area contributed by atoms with Gasteiger partial charge in [-0.15, -0.1) is 0 Å². The fraction of sp³-hybridized carbons (Fsp3) is 0.280. The molecule has 1 saturated heterocycles. The van der Waals surface area contributed by atoms with E-state index < -0.39 is 12.0 Å². The smallest absolute Gasteiger partial charge is 0.412 e. The van der Waals surface area contributed by atoms with Crippen LogP contribution in [0.25, 0.3) is 33.4 Å². The van der Waals surface area contributed by atoms with E-state index in [2.05, 4.69) is 37.4 Å². The zero-order valence-corrected chi connectivity index (χ0v) is 19.9. The summed E-state index contributed by atoms with van der Waals surface area (Å²) in [6.45, 7) is 2.29. The summed E-state index contributed by atoms with van der Waals surface area (Å²) in [4.78, 5) is 23.7. The minimum Gasteiger partial charge on any atom is -0.491 e. The zero-order chi connectivity index (χ0) is 24.4. The first-order valence-electron chi connectivity index (χ1n) is 11.4. The SMILES string of the molecule is CN1CCC(COC(=O)Nc2nc(-c3ccccc3)c(-c3cc(Cl)c4[nH]ncc4c3)nc2O)CC1. The largest absolute Gasteiger partial charge is 0.491 e. The molecule has 3 N–H and O–H groups in total. The molecule has 2 aromatic heterocycles. The van der Waals surface area contributed by atoms with Gasteiger partial charge in [-0.1, -0.05) is 41.9 Å². The number of likely N-dealkylation sites (tertiary alicyclic amines) is 1. The normalized spacial score (nSPS) is 14.8. The number of anilines is 1. The van der Waals surface area contributed by atoms with Gasteiger partial charge in [-0.3, -0.25) is 10.4 Å². The Morgan fingerprint density at radius 1 is 1.17 bits per heavy atom. The van der Waals surface area contributed by atoms with Gasteiger partial charge in [0.25, 0.3) is 5.88 Å². The van der Waals surface area contributed by atoms with Crippen molar-refractivity contribution >= 4 is 34.4 Å². The van der Waals surface area contributed by atoms with Crippen molar-refractivity contribution < 1.29 is 14.6 Å². The highest BCUT2D eigenvalue weighted by atomic mass is 35.5. The van der Waals surface area contributed by atoms with Crippen LogP contribution >= 0.6 is 11.6 Å². The summed E-state index contributed by atoms with van der Waals surface area (Å²) in [5, 5.41) is 21.4. The van der Waals surface area contributed by atoms with E-state index in [0.717, 1.165) is 36.9 Å². The monoisotopic (exact) mass is 492 g/mol. The van der Waals surface area contributed by atoms with Crippen LogP contribution in [0.5, 0.6) is 5.88 Å². The molecule has 180 valence electrons. The Labute approximate surface area is 207 Å². The molecule has 0 spiro atoms. The van der Waals surface area contributed by atoms with Crippen LogP contribution in [0.1, 0.15) is 12.8 Å². The van der Waals surface area contributed by atoms with Gasteiger partial charge in [0.05, 0.1) is 29.0 Å². The van der Waals surface area contributed by atoms with Gasteiger partial charge in [-0.05, 0) is 51.0 Å². The van der Waals surface area contributed by atoms with Crippen LogP contribution in [0, 0.1) is 5.92 Å². The predicted molar refractivity (Wildman–Crippen MR) is 134 cm³/mol. The van der Waals surface area contributed by atoms with E-state index in [4.69, 9.17) is 16.3 Å². The molecule has 0 radical (unpaired) electrons. The number of rotatable bonds is 5. The third-order valence-corrected chi connectivity index (χ3v) is 6.51. The molecule has 0 aliphatic carbocycles. The molecule has 5 rings (SSSR count). The molecule has 3 heterocycles. The fourth-order valence-corrected chi connectivity index (χ4v) is 4.48. The van der Waals surface area contributed by atoms with Crippen molar-refractivity contribution in [2.75, 3.05) is 32.1 Å². The summed E-state index contributed by atoms with van der Waals surface area (Å²) >= 11 is 6.44. The average molecular weight is 493 g/mol. The van der Waals surface area contributed by atoms with E-state index >= 15 is 0 Å². The number of aromatic hydroxyl groups is 1. The van der Waals surface area contributed by atoms with Gasteiger partial charge < -0.3 is 14.7 Å². The summed E-state index contributed by atoms with van der Waals surface area (Å²) in [6, 6.07) is 13.0. The molecule has 35 heavy (non-hydrogen) atoms. The molecule has 0 unspecified atom stereocenters. The van der Waals surface area contributed by atoms with Crippen molar-refractivity contribution in [3.05, 3.63) is 53.7 Å². The lowest BCUT2D eigenvalue weighted by Crippen LogP contribution is -2.32. The van der Waals surface area contributed by atoms with Crippen molar-refractivity contribution in [2.24, 2.45) is 5.92 Å². The second-order valence-electron chi connectivity index (χ2n) is 8.72. The zero-order valence-electron chi connectivity index (χ0n) is 19.2. The Bertz CT molecular complexity index is 1350. The maximum atomic E-state index is 12.5. The Morgan fingerprint density at radius 3 is 2.69 bits per heavy atom. The molecular formula is C25H25ClN6O3. The van der Waals surface area contributed by atoms with Gasteiger partial charge in [0.1, 0.15) is 5.69 Å². The van der Waals surface area contributed by atoms with Crippen LogP contribution < -0.4 is 5.32 Å². The minimum absolute atomic E-state index is 0.0727. The first-order valence-corrected chi connectivity index (χ1v) is 11.8. The fourth-order valence-electron chi connectivity index (χ4n) is 4.21. The number of fused-ring (bicyclic) bond motifs is 1. The summed E-state index contributed by atoms with van der Waals surface area (Å²) in [6.07, 6.45) is 2.94. The number of nitrogens with one attached hydrogen (secondary N) is 2. The maximum Gasteiger partial charge on any atom is 0.412 e. The van der Waals surface area contributed by atoms with Crippen molar-refractivity contribution in [3.8, 4) is 28.4 Å². The summed E-state index contributed by atoms with van der Waals surface area (Å²) < 4.78 is 5.42. The van der Waals surface area contributed by atoms with Crippen molar-refractivity contribution in [1.82, 2.24) is 25.1 Å². The Hall–Kier alpha value is -3.69. The van der Waals surface area contributed by atoms with Crippen LogP contribution in [-0.2, 0) is 4.74 Å². The number of halogens is 1.